The standard InChI is InChI=1S/C2H3I2N3/c3-1(5)2(4)7-6/h5H,6H2. The Hall–Kier alpha value is 0.600. The first-order valence-electron chi connectivity index (χ1n) is 1.36. The maximum atomic E-state index is 6.87. The number of nitrogens with two attached hydrogens (primary N) is 1. The van der Waals surface area contributed by atoms with E-state index < -0.39 is 0 Å². The van der Waals surface area contributed by atoms with E-state index in [0.29, 0.717) is 7.44 Å². The van der Waals surface area contributed by atoms with E-state index in [9.17, 15) is 0 Å². The summed E-state index contributed by atoms with van der Waals surface area (Å²) in [4.78, 5) is 0. The molecule has 0 saturated heterocycles. The zero-order valence-electron chi connectivity index (χ0n) is 3.28. The average molecular weight is 323 g/mol. The largest absolute Gasteiger partial charge is 0.322 e. The van der Waals surface area contributed by atoms with Crippen LogP contribution in [0.25, 0.3) is 0 Å². The summed E-state index contributed by atoms with van der Waals surface area (Å²) in [6, 6.07) is 0. The van der Waals surface area contributed by atoms with Crippen molar-refractivity contribution in [3.05, 3.63) is 0 Å². The normalized spacial score (nSPS) is 11.4. The fourth-order valence-electron chi connectivity index (χ4n) is 0.0567. The Kier molecular flexibility index (Phi) is 3.89. The molecular weight excluding hydrogens is 320 g/mol. The molecule has 7 heavy (non-hydrogen) atoms. The van der Waals surface area contributed by atoms with Crippen molar-refractivity contribution in [1.29, 1.82) is 5.41 Å². The predicted octanol–water partition coefficient (Wildman–Crippen LogP) is 1.11. The van der Waals surface area contributed by atoms with Gasteiger partial charge in [0.25, 0.3) is 0 Å². The van der Waals surface area contributed by atoms with Gasteiger partial charge in [-0.1, -0.05) is 0 Å². The number of nitrogens with one attached hydrogen (secondary N) is 1. The maximum Gasteiger partial charge on any atom is 0.151 e. The van der Waals surface area contributed by atoms with Gasteiger partial charge in [0.2, 0.25) is 0 Å². The summed E-state index contributed by atoms with van der Waals surface area (Å²) < 4.78 is 0.916. The van der Waals surface area contributed by atoms with E-state index in [-0.39, 0.29) is 0 Å². The Balaban J connectivity index is 3.82. The van der Waals surface area contributed by atoms with Crippen LogP contribution < -0.4 is 5.84 Å². The maximum absolute atomic E-state index is 6.87. The smallest absolute Gasteiger partial charge is 0.151 e. The van der Waals surface area contributed by atoms with Crippen LogP contribution in [0.1, 0.15) is 0 Å². The van der Waals surface area contributed by atoms with E-state index in [1.165, 1.54) is 0 Å². The molecule has 40 valence electrons. The van der Waals surface area contributed by atoms with Crippen LogP contribution >= 0.6 is 45.2 Å². The van der Waals surface area contributed by atoms with Crippen molar-refractivity contribution in [3.63, 3.8) is 0 Å². The van der Waals surface area contributed by atoms with Gasteiger partial charge < -0.3 is 5.84 Å². The Morgan fingerprint density at radius 3 is 2.00 bits per heavy atom. The molecule has 0 aliphatic heterocycles. The van der Waals surface area contributed by atoms with Crippen LogP contribution in [0.5, 0.6) is 0 Å². The van der Waals surface area contributed by atoms with E-state index in [2.05, 4.69) is 5.10 Å². The van der Waals surface area contributed by atoms with E-state index in [1.807, 2.05) is 45.2 Å². The Labute approximate surface area is 68.5 Å². The Morgan fingerprint density at radius 2 is 2.00 bits per heavy atom. The predicted molar refractivity (Wildman–Crippen MR) is 47.4 cm³/mol. The fourth-order valence-corrected chi connectivity index (χ4v) is 0.196. The monoisotopic (exact) mass is 323 g/mol. The molecule has 0 bridgehead atoms. The summed E-state index contributed by atoms with van der Waals surface area (Å²) in [6.45, 7) is 0. The van der Waals surface area contributed by atoms with Gasteiger partial charge in [0.05, 0.1) is 0 Å². The summed E-state index contributed by atoms with van der Waals surface area (Å²) in [5.41, 5.74) is 0. The van der Waals surface area contributed by atoms with Crippen molar-refractivity contribution in [2.24, 2.45) is 10.9 Å². The van der Waals surface area contributed by atoms with Crippen molar-refractivity contribution >= 4 is 52.6 Å². The number of hydrogen-bond acceptors (Lipinski definition) is 3. The van der Waals surface area contributed by atoms with Gasteiger partial charge in [-0.15, -0.1) is 0 Å². The van der Waals surface area contributed by atoms with Crippen LogP contribution in [-0.4, -0.2) is 7.44 Å². The third-order valence-corrected chi connectivity index (χ3v) is 2.66. The second kappa shape index (κ2) is 3.58. The molecule has 0 amide bonds. The molecule has 0 aromatic rings. The van der Waals surface area contributed by atoms with Gasteiger partial charge in [0, 0.05) is 0 Å². The molecule has 0 unspecified atom stereocenters. The molecule has 0 spiro atoms. The topological polar surface area (TPSA) is 62.2 Å². The molecule has 0 rings (SSSR count). The van der Waals surface area contributed by atoms with Gasteiger partial charge in [-0.3, -0.25) is 5.41 Å². The molecule has 3 nitrogen and oxygen atoms in total. The zero-order valence-corrected chi connectivity index (χ0v) is 7.60. The lowest BCUT2D eigenvalue weighted by atomic mass is 10.8. The first kappa shape index (κ1) is 7.60. The fraction of sp³-hybridized carbons (Fsp3) is 0. The molecule has 0 aromatic heterocycles. The third-order valence-electron chi connectivity index (χ3n) is 0.294. The summed E-state index contributed by atoms with van der Waals surface area (Å²) in [7, 11) is 0. The van der Waals surface area contributed by atoms with Crippen LogP contribution in [0.2, 0.25) is 0 Å². The van der Waals surface area contributed by atoms with Crippen molar-refractivity contribution in [3.8, 4) is 0 Å². The minimum atomic E-state index is 0.376. The van der Waals surface area contributed by atoms with E-state index in [0.717, 1.165) is 0 Å². The molecule has 0 radical (unpaired) electrons. The molecule has 0 aliphatic rings. The van der Waals surface area contributed by atoms with E-state index in [1.54, 1.807) is 0 Å². The highest BCUT2D eigenvalue weighted by Gasteiger charge is 1.92. The molecule has 0 atom stereocenters. The molecule has 0 aliphatic carbocycles. The van der Waals surface area contributed by atoms with Gasteiger partial charge in [-0.25, -0.2) is 0 Å². The number of nitrogens with zero attached hydrogens (tertiary/aromatic N) is 1. The minimum absolute atomic E-state index is 0.376. The lowest BCUT2D eigenvalue weighted by Gasteiger charge is -1.83. The van der Waals surface area contributed by atoms with Crippen molar-refractivity contribution in [2.75, 3.05) is 0 Å². The van der Waals surface area contributed by atoms with E-state index >= 15 is 0 Å². The molecule has 3 N–H and O–H groups in total. The summed E-state index contributed by atoms with van der Waals surface area (Å²) in [5, 5.41) is 10.1. The lowest BCUT2D eigenvalue weighted by Crippen LogP contribution is -1.98. The highest BCUT2D eigenvalue weighted by Crippen LogP contribution is 1.96. The highest BCUT2D eigenvalue weighted by atomic mass is 127. The van der Waals surface area contributed by atoms with Gasteiger partial charge in [0.15, 0.2) is 3.72 Å². The Bertz CT molecular complexity index is 108. The number of halogens is 2. The van der Waals surface area contributed by atoms with Gasteiger partial charge in [-0.05, 0) is 45.2 Å². The first-order chi connectivity index (χ1) is 3.18. The van der Waals surface area contributed by atoms with Crippen molar-refractivity contribution < 1.29 is 0 Å². The summed E-state index contributed by atoms with van der Waals surface area (Å²) in [5.74, 6) is 4.81. The van der Waals surface area contributed by atoms with Crippen LogP contribution in [0.4, 0.5) is 0 Å². The van der Waals surface area contributed by atoms with Crippen LogP contribution in [0, 0.1) is 5.41 Å². The molecule has 5 heteroatoms. The third kappa shape index (κ3) is 3.21. The second-order valence-corrected chi connectivity index (χ2v) is 2.83. The van der Waals surface area contributed by atoms with Crippen LogP contribution in [0.3, 0.4) is 0 Å². The lowest BCUT2D eigenvalue weighted by molar-refractivity contribution is 1.27. The van der Waals surface area contributed by atoms with E-state index in [4.69, 9.17) is 11.3 Å². The Morgan fingerprint density at radius 1 is 1.57 bits per heavy atom. The zero-order chi connectivity index (χ0) is 5.86. The van der Waals surface area contributed by atoms with Crippen molar-refractivity contribution in [1.82, 2.24) is 0 Å². The minimum Gasteiger partial charge on any atom is -0.322 e. The molecule has 0 heterocycles. The van der Waals surface area contributed by atoms with Gasteiger partial charge in [-0.2, -0.15) is 5.10 Å². The second-order valence-electron chi connectivity index (χ2n) is 0.734. The first-order valence-corrected chi connectivity index (χ1v) is 3.52. The summed E-state index contributed by atoms with van der Waals surface area (Å²) in [6.07, 6.45) is 0. The molecule has 0 aromatic carbocycles. The quantitative estimate of drug-likeness (QED) is 0.323. The van der Waals surface area contributed by atoms with Crippen LogP contribution in [-0.2, 0) is 0 Å². The molecule has 0 fully saturated rings. The van der Waals surface area contributed by atoms with Crippen LogP contribution in [0.15, 0.2) is 5.10 Å². The molecule has 0 saturated carbocycles. The molecular formula is C2H3I2N3. The number of hydrogen-bond donors (Lipinski definition) is 2. The number of hydrazone groups is 1. The summed E-state index contributed by atoms with van der Waals surface area (Å²) >= 11 is 3.72. The van der Waals surface area contributed by atoms with Gasteiger partial charge >= 0.3 is 0 Å². The highest BCUT2D eigenvalue weighted by molar-refractivity contribution is 14.1. The van der Waals surface area contributed by atoms with Crippen molar-refractivity contribution in [2.45, 2.75) is 0 Å². The van der Waals surface area contributed by atoms with Gasteiger partial charge in [0.1, 0.15) is 3.72 Å². The average Bonchev–Trinajstić information content (AvgIpc) is 1.65. The number of rotatable bonds is 1. The SMILES string of the molecule is N=C(I)C(I)=NN.